The predicted molar refractivity (Wildman–Crippen MR) is 89.6 cm³/mol. The number of benzene rings is 2. The van der Waals surface area contributed by atoms with Crippen LogP contribution in [0, 0.1) is 13.8 Å². The van der Waals surface area contributed by atoms with E-state index in [0.717, 1.165) is 29.9 Å². The second-order valence-corrected chi connectivity index (χ2v) is 5.97. The van der Waals surface area contributed by atoms with E-state index in [1.165, 1.54) is 22.1 Å². The molecule has 1 aliphatic rings. The van der Waals surface area contributed by atoms with E-state index >= 15 is 0 Å². The summed E-state index contributed by atoms with van der Waals surface area (Å²) in [7, 11) is 0. The molecule has 2 heterocycles. The van der Waals surface area contributed by atoms with Crippen LogP contribution in [0.15, 0.2) is 42.5 Å². The number of fused-ring (bicyclic) bond motifs is 3. The molecule has 3 heteroatoms. The van der Waals surface area contributed by atoms with Crippen molar-refractivity contribution in [1.82, 2.24) is 4.98 Å². The molecule has 0 fully saturated rings. The van der Waals surface area contributed by atoms with Crippen molar-refractivity contribution >= 4 is 22.5 Å². The number of hydrogen-bond acceptors (Lipinski definition) is 1. The number of aromatic amines is 1. The number of aromatic nitrogens is 1. The summed E-state index contributed by atoms with van der Waals surface area (Å²) in [5.74, 6) is 0.0717. The van der Waals surface area contributed by atoms with Gasteiger partial charge in [0.15, 0.2) is 0 Å². The number of hydrogen-bond donors (Lipinski definition) is 1. The zero-order valence-corrected chi connectivity index (χ0v) is 12.8. The Morgan fingerprint density at radius 2 is 1.73 bits per heavy atom. The largest absolute Gasteiger partial charge is 0.350 e. The first-order valence-electron chi connectivity index (χ1n) is 7.64. The third-order valence-corrected chi connectivity index (χ3v) is 4.59. The maximum Gasteiger partial charge on any atom is 0.275 e. The van der Waals surface area contributed by atoms with Gasteiger partial charge in [-0.3, -0.25) is 4.79 Å². The van der Waals surface area contributed by atoms with Crippen molar-refractivity contribution in [3.05, 3.63) is 64.8 Å². The monoisotopic (exact) mass is 290 g/mol. The third-order valence-electron chi connectivity index (χ3n) is 4.59. The van der Waals surface area contributed by atoms with Gasteiger partial charge in [-0.1, -0.05) is 30.3 Å². The van der Waals surface area contributed by atoms with Crippen molar-refractivity contribution in [1.29, 1.82) is 0 Å². The van der Waals surface area contributed by atoms with E-state index in [9.17, 15) is 4.79 Å². The Labute approximate surface area is 129 Å². The highest BCUT2D eigenvalue weighted by molar-refractivity contribution is 6.11. The van der Waals surface area contributed by atoms with Crippen molar-refractivity contribution in [2.45, 2.75) is 20.3 Å². The lowest BCUT2D eigenvalue weighted by molar-refractivity contribution is 0.0976. The summed E-state index contributed by atoms with van der Waals surface area (Å²) in [5.41, 5.74) is 6.42. The highest BCUT2D eigenvalue weighted by Crippen LogP contribution is 2.33. The van der Waals surface area contributed by atoms with E-state index in [0.29, 0.717) is 0 Å². The molecule has 110 valence electrons. The molecule has 22 heavy (non-hydrogen) atoms. The normalized spacial score (nSPS) is 14.5. The van der Waals surface area contributed by atoms with Gasteiger partial charge in [0, 0.05) is 23.1 Å². The molecule has 0 atom stereocenters. The number of nitrogens with zero attached hydrogens (tertiary/aromatic N) is 1. The van der Waals surface area contributed by atoms with Crippen LogP contribution in [0.2, 0.25) is 0 Å². The minimum Gasteiger partial charge on any atom is -0.350 e. The highest BCUT2D eigenvalue weighted by Gasteiger charge is 2.29. The van der Waals surface area contributed by atoms with Crippen LogP contribution < -0.4 is 4.90 Å². The van der Waals surface area contributed by atoms with Crippen LogP contribution in [0.4, 0.5) is 5.69 Å². The van der Waals surface area contributed by atoms with E-state index < -0.39 is 0 Å². The lowest BCUT2D eigenvalue weighted by Gasteiger charge is -2.27. The quantitative estimate of drug-likeness (QED) is 0.723. The van der Waals surface area contributed by atoms with Crippen molar-refractivity contribution < 1.29 is 4.79 Å². The second kappa shape index (κ2) is 4.73. The number of nitrogens with one attached hydrogen (secondary N) is 1. The zero-order valence-electron chi connectivity index (χ0n) is 12.8. The molecular formula is C19H18N2O. The van der Waals surface area contributed by atoms with Gasteiger partial charge >= 0.3 is 0 Å². The number of para-hydroxylation sites is 1. The maximum atomic E-state index is 12.9. The first-order valence-corrected chi connectivity index (χ1v) is 7.64. The minimum atomic E-state index is 0.0717. The van der Waals surface area contributed by atoms with E-state index in [-0.39, 0.29) is 5.91 Å². The molecule has 1 aliphatic heterocycles. The predicted octanol–water partition coefficient (Wildman–Crippen LogP) is 3.99. The molecule has 3 nitrogen and oxygen atoms in total. The summed E-state index contributed by atoms with van der Waals surface area (Å²) in [6.07, 6.45) is 0.889. The Hall–Kier alpha value is -2.55. The van der Waals surface area contributed by atoms with E-state index in [4.69, 9.17) is 0 Å². The Morgan fingerprint density at radius 3 is 2.50 bits per heavy atom. The zero-order chi connectivity index (χ0) is 15.3. The molecule has 4 rings (SSSR count). The van der Waals surface area contributed by atoms with Crippen molar-refractivity contribution in [3.63, 3.8) is 0 Å². The van der Waals surface area contributed by atoms with Crippen molar-refractivity contribution in [2.24, 2.45) is 0 Å². The standard InChI is InChI=1S/C19H18N2O/c1-12-8-9-13(2)17-16(12)15-10-11-21(19(22)18(15)20-17)14-6-4-3-5-7-14/h3-9,20H,10-11H2,1-2H3. The fraction of sp³-hybridized carbons (Fsp3) is 0.211. The number of H-pyrrole nitrogens is 1. The summed E-state index contributed by atoms with van der Waals surface area (Å²) in [6.45, 7) is 4.93. The molecule has 0 saturated carbocycles. The van der Waals surface area contributed by atoms with E-state index in [1.54, 1.807) is 0 Å². The lowest BCUT2D eigenvalue weighted by Crippen LogP contribution is -2.37. The molecule has 0 saturated heterocycles. The average Bonchev–Trinajstić information content (AvgIpc) is 2.94. The van der Waals surface area contributed by atoms with Crippen molar-refractivity contribution in [2.75, 3.05) is 11.4 Å². The van der Waals surface area contributed by atoms with Gasteiger partial charge < -0.3 is 9.88 Å². The number of rotatable bonds is 1. The van der Waals surface area contributed by atoms with Crippen LogP contribution >= 0.6 is 0 Å². The number of aryl methyl sites for hydroxylation is 2. The van der Waals surface area contributed by atoms with Gasteiger partial charge in [0.1, 0.15) is 5.69 Å². The summed E-state index contributed by atoms with van der Waals surface area (Å²) >= 11 is 0. The van der Waals surface area contributed by atoms with E-state index in [2.05, 4.69) is 31.0 Å². The second-order valence-electron chi connectivity index (χ2n) is 5.97. The minimum absolute atomic E-state index is 0.0717. The Bertz CT molecular complexity index is 877. The molecule has 0 radical (unpaired) electrons. The Balaban J connectivity index is 1.88. The number of anilines is 1. The summed E-state index contributed by atoms with van der Waals surface area (Å²) in [6, 6.07) is 14.1. The van der Waals surface area contributed by atoms with Gasteiger partial charge in [-0.25, -0.2) is 0 Å². The molecule has 1 aromatic heterocycles. The molecule has 3 aromatic rings. The SMILES string of the molecule is Cc1ccc(C)c2c3c([nH]c12)C(=O)N(c1ccccc1)CC3. The fourth-order valence-corrected chi connectivity index (χ4v) is 3.43. The highest BCUT2D eigenvalue weighted by atomic mass is 16.2. The van der Waals surface area contributed by atoms with Gasteiger partial charge in [0.2, 0.25) is 0 Å². The molecule has 0 spiro atoms. The van der Waals surface area contributed by atoms with Crippen molar-refractivity contribution in [3.8, 4) is 0 Å². The van der Waals surface area contributed by atoms with Crippen LogP contribution in [0.3, 0.4) is 0 Å². The third kappa shape index (κ3) is 1.78. The average molecular weight is 290 g/mol. The lowest BCUT2D eigenvalue weighted by atomic mass is 9.98. The summed E-state index contributed by atoms with van der Waals surface area (Å²) in [5, 5.41) is 1.23. The maximum absolute atomic E-state index is 12.9. The van der Waals surface area contributed by atoms with Crippen LogP contribution in [-0.4, -0.2) is 17.4 Å². The van der Waals surface area contributed by atoms with Gasteiger partial charge in [0.25, 0.3) is 5.91 Å². The van der Waals surface area contributed by atoms with Gasteiger partial charge in [0.05, 0.1) is 0 Å². The first kappa shape index (κ1) is 13.1. The Morgan fingerprint density at radius 1 is 1.00 bits per heavy atom. The molecule has 0 unspecified atom stereocenters. The number of amides is 1. The van der Waals surface area contributed by atoms with Gasteiger partial charge in [-0.15, -0.1) is 0 Å². The number of carbonyl (C=O) groups is 1. The van der Waals surface area contributed by atoms with Crippen LogP contribution in [0.5, 0.6) is 0 Å². The van der Waals surface area contributed by atoms with Crippen LogP contribution in [0.1, 0.15) is 27.2 Å². The topological polar surface area (TPSA) is 36.1 Å². The van der Waals surface area contributed by atoms with Gasteiger partial charge in [-0.05, 0) is 49.1 Å². The smallest absolute Gasteiger partial charge is 0.275 e. The Kier molecular flexibility index (Phi) is 2.83. The molecule has 2 aromatic carbocycles. The van der Waals surface area contributed by atoms with Crippen LogP contribution in [-0.2, 0) is 6.42 Å². The summed E-state index contributed by atoms with van der Waals surface area (Å²) in [4.78, 5) is 18.2. The van der Waals surface area contributed by atoms with Crippen LogP contribution in [0.25, 0.3) is 10.9 Å². The first-order chi connectivity index (χ1) is 10.7. The fourth-order valence-electron chi connectivity index (χ4n) is 3.43. The number of carbonyl (C=O) groups excluding carboxylic acids is 1. The molecule has 1 N–H and O–H groups in total. The summed E-state index contributed by atoms with van der Waals surface area (Å²) < 4.78 is 0. The van der Waals surface area contributed by atoms with Gasteiger partial charge in [-0.2, -0.15) is 0 Å². The van der Waals surface area contributed by atoms with E-state index in [1.807, 2.05) is 35.2 Å². The molecule has 0 aliphatic carbocycles. The molecule has 1 amide bonds. The molecular weight excluding hydrogens is 272 g/mol. The molecule has 0 bridgehead atoms.